The maximum absolute atomic E-state index is 11.9. The summed E-state index contributed by atoms with van der Waals surface area (Å²) >= 11 is 0. The maximum atomic E-state index is 11.9. The normalized spacial score (nSPS) is 10.5. The highest BCUT2D eigenvalue weighted by molar-refractivity contribution is 6.03. The molecule has 3 aromatic rings. The first-order valence-electron chi connectivity index (χ1n) is 6.05. The average molecular weight is 283 g/mol. The Morgan fingerprint density at radius 3 is 2.67 bits per heavy atom. The molecule has 0 saturated heterocycles. The lowest BCUT2D eigenvalue weighted by Crippen LogP contribution is -2.11. The lowest BCUT2D eigenvalue weighted by atomic mass is 10.2. The summed E-state index contributed by atoms with van der Waals surface area (Å²) in [6, 6.07) is 12.6. The Balaban J connectivity index is 1.88. The molecule has 0 radical (unpaired) electrons. The van der Waals surface area contributed by atoms with Crippen LogP contribution in [0.3, 0.4) is 0 Å². The SMILES string of the molecule is O=C(Nc1nc2cc([N+](=O)[O-])ccc2o1)c1ccccc1. The number of carbonyl (C=O) groups excluding carboxylic acids is 1. The van der Waals surface area contributed by atoms with E-state index < -0.39 is 4.92 Å². The largest absolute Gasteiger partial charge is 0.423 e. The second kappa shape index (κ2) is 5.04. The number of anilines is 1. The van der Waals surface area contributed by atoms with Crippen LogP contribution < -0.4 is 5.32 Å². The summed E-state index contributed by atoms with van der Waals surface area (Å²) < 4.78 is 5.33. The molecular formula is C14H9N3O4. The molecule has 104 valence electrons. The zero-order valence-corrected chi connectivity index (χ0v) is 10.6. The van der Waals surface area contributed by atoms with E-state index in [1.165, 1.54) is 18.2 Å². The van der Waals surface area contributed by atoms with Gasteiger partial charge in [-0.25, -0.2) is 0 Å². The predicted octanol–water partition coefficient (Wildman–Crippen LogP) is 2.99. The first-order valence-corrected chi connectivity index (χ1v) is 6.05. The van der Waals surface area contributed by atoms with Crippen LogP contribution in [0, 0.1) is 10.1 Å². The van der Waals surface area contributed by atoms with Crippen molar-refractivity contribution in [2.75, 3.05) is 5.32 Å². The Morgan fingerprint density at radius 1 is 1.19 bits per heavy atom. The van der Waals surface area contributed by atoms with E-state index in [1.807, 2.05) is 0 Å². The molecule has 0 aliphatic heterocycles. The van der Waals surface area contributed by atoms with Crippen molar-refractivity contribution in [1.29, 1.82) is 0 Å². The van der Waals surface area contributed by atoms with Gasteiger partial charge in [-0.1, -0.05) is 18.2 Å². The minimum atomic E-state index is -0.518. The fraction of sp³-hybridized carbons (Fsp3) is 0. The molecule has 3 rings (SSSR count). The van der Waals surface area contributed by atoms with Gasteiger partial charge in [0, 0.05) is 17.7 Å². The van der Waals surface area contributed by atoms with Crippen LogP contribution in [0.2, 0.25) is 0 Å². The smallest absolute Gasteiger partial charge is 0.302 e. The van der Waals surface area contributed by atoms with Crippen LogP contribution in [0.4, 0.5) is 11.7 Å². The van der Waals surface area contributed by atoms with Crippen LogP contribution in [-0.2, 0) is 0 Å². The van der Waals surface area contributed by atoms with Crippen molar-refractivity contribution >= 4 is 28.7 Å². The van der Waals surface area contributed by atoms with E-state index >= 15 is 0 Å². The van der Waals surface area contributed by atoms with E-state index in [4.69, 9.17) is 4.42 Å². The van der Waals surface area contributed by atoms with E-state index in [2.05, 4.69) is 10.3 Å². The molecule has 7 heteroatoms. The topological polar surface area (TPSA) is 98.3 Å². The van der Waals surface area contributed by atoms with Crippen molar-refractivity contribution < 1.29 is 14.1 Å². The third-order valence-corrected chi connectivity index (χ3v) is 2.84. The molecule has 21 heavy (non-hydrogen) atoms. The molecular weight excluding hydrogens is 274 g/mol. The minimum Gasteiger partial charge on any atom is -0.423 e. The molecule has 0 aliphatic rings. The summed E-state index contributed by atoms with van der Waals surface area (Å²) in [6.45, 7) is 0. The number of non-ortho nitro benzene ring substituents is 1. The molecule has 1 amide bonds. The van der Waals surface area contributed by atoms with Crippen LogP contribution in [0.15, 0.2) is 52.9 Å². The van der Waals surface area contributed by atoms with Gasteiger partial charge in [0.1, 0.15) is 5.52 Å². The standard InChI is InChI=1S/C14H9N3O4/c18-13(9-4-2-1-3-5-9)16-14-15-11-8-10(17(19)20)6-7-12(11)21-14/h1-8H,(H,15,16,18). The Morgan fingerprint density at radius 2 is 1.95 bits per heavy atom. The summed E-state index contributed by atoms with van der Waals surface area (Å²) in [5.74, 6) is -0.364. The van der Waals surface area contributed by atoms with E-state index in [0.29, 0.717) is 16.7 Å². The van der Waals surface area contributed by atoms with E-state index in [1.54, 1.807) is 30.3 Å². The zero-order chi connectivity index (χ0) is 14.8. The molecule has 0 bridgehead atoms. The second-order valence-electron chi connectivity index (χ2n) is 4.25. The Labute approximate surface area is 118 Å². The Bertz CT molecular complexity index is 827. The fourth-order valence-corrected chi connectivity index (χ4v) is 1.84. The molecule has 0 unspecified atom stereocenters. The van der Waals surface area contributed by atoms with E-state index in [0.717, 1.165) is 0 Å². The molecule has 1 heterocycles. The van der Waals surface area contributed by atoms with Gasteiger partial charge >= 0.3 is 6.01 Å². The number of carbonyl (C=O) groups is 1. The van der Waals surface area contributed by atoms with Gasteiger partial charge in [0.2, 0.25) is 0 Å². The summed E-state index contributed by atoms with van der Waals surface area (Å²) in [5, 5.41) is 13.2. The molecule has 0 atom stereocenters. The number of benzene rings is 2. The molecule has 1 aromatic heterocycles. The van der Waals surface area contributed by atoms with Crippen LogP contribution in [0.1, 0.15) is 10.4 Å². The van der Waals surface area contributed by atoms with E-state index in [-0.39, 0.29) is 17.6 Å². The molecule has 7 nitrogen and oxygen atoms in total. The molecule has 0 saturated carbocycles. The number of nitrogens with zero attached hydrogens (tertiary/aromatic N) is 2. The lowest BCUT2D eigenvalue weighted by molar-refractivity contribution is -0.384. The van der Waals surface area contributed by atoms with Gasteiger partial charge in [-0.15, -0.1) is 0 Å². The summed E-state index contributed by atoms with van der Waals surface area (Å²) in [4.78, 5) is 26.1. The summed E-state index contributed by atoms with van der Waals surface area (Å²) in [6.07, 6.45) is 0. The van der Waals surface area contributed by atoms with Crippen LogP contribution in [0.25, 0.3) is 11.1 Å². The fourth-order valence-electron chi connectivity index (χ4n) is 1.84. The highest BCUT2D eigenvalue weighted by atomic mass is 16.6. The number of nitro groups is 1. The average Bonchev–Trinajstić information content (AvgIpc) is 2.89. The predicted molar refractivity (Wildman–Crippen MR) is 75.1 cm³/mol. The molecule has 0 fully saturated rings. The minimum absolute atomic E-state index is 0.000601. The Kier molecular flexibility index (Phi) is 3.07. The van der Waals surface area contributed by atoms with E-state index in [9.17, 15) is 14.9 Å². The second-order valence-corrected chi connectivity index (χ2v) is 4.25. The summed E-state index contributed by atoms with van der Waals surface area (Å²) in [7, 11) is 0. The number of amides is 1. The van der Waals surface area contributed by atoms with Crippen molar-refractivity contribution in [2.45, 2.75) is 0 Å². The van der Waals surface area contributed by atoms with Crippen LogP contribution in [0.5, 0.6) is 0 Å². The first-order chi connectivity index (χ1) is 10.1. The third kappa shape index (κ3) is 2.57. The lowest BCUT2D eigenvalue weighted by Gasteiger charge is -1.99. The number of hydrogen-bond acceptors (Lipinski definition) is 5. The van der Waals surface area contributed by atoms with Gasteiger partial charge in [0.05, 0.1) is 4.92 Å². The van der Waals surface area contributed by atoms with Gasteiger partial charge in [0.25, 0.3) is 11.6 Å². The van der Waals surface area contributed by atoms with Gasteiger partial charge in [0.15, 0.2) is 5.58 Å². The number of nitro benzene ring substituents is 1. The number of aromatic nitrogens is 1. The number of oxazole rings is 1. The number of nitrogens with one attached hydrogen (secondary N) is 1. The molecule has 0 spiro atoms. The van der Waals surface area contributed by atoms with Crippen molar-refractivity contribution in [1.82, 2.24) is 4.98 Å². The number of fused-ring (bicyclic) bond motifs is 1. The molecule has 2 aromatic carbocycles. The zero-order valence-electron chi connectivity index (χ0n) is 10.6. The van der Waals surface area contributed by atoms with Crippen molar-refractivity contribution in [2.24, 2.45) is 0 Å². The number of rotatable bonds is 3. The van der Waals surface area contributed by atoms with Gasteiger partial charge in [-0.2, -0.15) is 4.98 Å². The van der Waals surface area contributed by atoms with Crippen molar-refractivity contribution in [3.05, 3.63) is 64.2 Å². The maximum Gasteiger partial charge on any atom is 0.302 e. The van der Waals surface area contributed by atoms with Crippen molar-refractivity contribution in [3.63, 3.8) is 0 Å². The molecule has 1 N–H and O–H groups in total. The highest BCUT2D eigenvalue weighted by Crippen LogP contribution is 2.23. The third-order valence-electron chi connectivity index (χ3n) is 2.84. The number of hydrogen-bond donors (Lipinski definition) is 1. The van der Waals surface area contributed by atoms with Crippen LogP contribution >= 0.6 is 0 Å². The van der Waals surface area contributed by atoms with Gasteiger partial charge in [-0.05, 0) is 18.2 Å². The van der Waals surface area contributed by atoms with Crippen LogP contribution in [-0.4, -0.2) is 15.8 Å². The monoisotopic (exact) mass is 283 g/mol. The van der Waals surface area contributed by atoms with Gasteiger partial charge in [-0.3, -0.25) is 20.2 Å². The highest BCUT2D eigenvalue weighted by Gasteiger charge is 2.13. The van der Waals surface area contributed by atoms with Crippen molar-refractivity contribution in [3.8, 4) is 0 Å². The molecule has 0 aliphatic carbocycles. The Hall–Kier alpha value is -3.22. The summed E-state index contributed by atoms with van der Waals surface area (Å²) in [5.41, 5.74) is 1.05. The first kappa shape index (κ1) is 12.8. The quantitative estimate of drug-likeness (QED) is 0.588. The van der Waals surface area contributed by atoms with Gasteiger partial charge < -0.3 is 4.42 Å².